The minimum absolute atomic E-state index is 0.149. The number of hydrogen-bond acceptors (Lipinski definition) is 3. The fraction of sp³-hybridized carbons (Fsp3) is 0.947. The number of carbonyl (C=O) groups is 1. The predicted octanol–water partition coefficient (Wildman–Crippen LogP) is 4.48. The van der Waals surface area contributed by atoms with Crippen LogP contribution in [0.5, 0.6) is 0 Å². The molecule has 2 atom stereocenters. The van der Waals surface area contributed by atoms with E-state index < -0.39 is 5.60 Å². The second-order valence-corrected chi connectivity index (χ2v) is 8.33. The van der Waals surface area contributed by atoms with Crippen LogP contribution in [0.25, 0.3) is 0 Å². The molecular formula is C19H35NO3. The monoisotopic (exact) mass is 325 g/mol. The molecule has 1 aliphatic carbocycles. The molecule has 134 valence electrons. The predicted molar refractivity (Wildman–Crippen MR) is 92.5 cm³/mol. The van der Waals surface area contributed by atoms with Crippen LogP contribution in [0.4, 0.5) is 4.79 Å². The second kappa shape index (κ2) is 8.36. The van der Waals surface area contributed by atoms with Crippen LogP contribution in [0.1, 0.15) is 66.2 Å². The lowest BCUT2D eigenvalue weighted by molar-refractivity contribution is 0.0178. The SMILES string of the molecule is CCCCOCC1CC1CC1CCN(C(=O)OC(C)(C)C)CC1. The van der Waals surface area contributed by atoms with Gasteiger partial charge >= 0.3 is 6.09 Å². The molecule has 4 nitrogen and oxygen atoms in total. The van der Waals surface area contributed by atoms with Crippen molar-refractivity contribution >= 4 is 6.09 Å². The molecular weight excluding hydrogens is 290 g/mol. The molecule has 0 N–H and O–H groups in total. The smallest absolute Gasteiger partial charge is 0.410 e. The standard InChI is InChI=1S/C19H35NO3/c1-5-6-11-22-14-17-13-16(17)12-15-7-9-20(10-8-15)18(21)23-19(2,3)4/h15-17H,5-14H2,1-4H3. The van der Waals surface area contributed by atoms with Crippen LogP contribution in [0.2, 0.25) is 0 Å². The number of hydrogen-bond donors (Lipinski definition) is 0. The van der Waals surface area contributed by atoms with Crippen molar-refractivity contribution in [1.29, 1.82) is 0 Å². The lowest BCUT2D eigenvalue weighted by Gasteiger charge is -2.33. The van der Waals surface area contributed by atoms with Crippen molar-refractivity contribution in [1.82, 2.24) is 4.90 Å². The molecule has 2 rings (SSSR count). The summed E-state index contributed by atoms with van der Waals surface area (Å²) in [4.78, 5) is 13.9. The van der Waals surface area contributed by atoms with E-state index in [1.54, 1.807) is 0 Å². The highest BCUT2D eigenvalue weighted by atomic mass is 16.6. The average molecular weight is 325 g/mol. The molecule has 1 amide bonds. The van der Waals surface area contributed by atoms with Gasteiger partial charge in [-0.1, -0.05) is 13.3 Å². The van der Waals surface area contributed by atoms with Gasteiger partial charge in [-0.2, -0.15) is 0 Å². The molecule has 0 bridgehead atoms. The minimum atomic E-state index is -0.396. The van der Waals surface area contributed by atoms with Crippen LogP contribution >= 0.6 is 0 Å². The minimum Gasteiger partial charge on any atom is -0.444 e. The summed E-state index contributed by atoms with van der Waals surface area (Å²) < 4.78 is 11.2. The number of likely N-dealkylation sites (tertiary alicyclic amines) is 1. The summed E-state index contributed by atoms with van der Waals surface area (Å²) >= 11 is 0. The molecule has 1 aliphatic heterocycles. The molecule has 2 fully saturated rings. The third kappa shape index (κ3) is 6.70. The number of carbonyl (C=O) groups excluding carboxylic acids is 1. The van der Waals surface area contributed by atoms with E-state index in [0.717, 1.165) is 56.9 Å². The second-order valence-electron chi connectivity index (χ2n) is 8.33. The number of unbranched alkanes of at least 4 members (excludes halogenated alkanes) is 1. The number of rotatable bonds is 7. The fourth-order valence-electron chi connectivity index (χ4n) is 3.39. The Balaban J connectivity index is 1.58. The van der Waals surface area contributed by atoms with Gasteiger partial charge in [0.05, 0.1) is 0 Å². The molecule has 23 heavy (non-hydrogen) atoms. The first-order valence-corrected chi connectivity index (χ1v) is 9.44. The Morgan fingerprint density at radius 1 is 1.17 bits per heavy atom. The van der Waals surface area contributed by atoms with Crippen molar-refractivity contribution in [2.24, 2.45) is 17.8 Å². The van der Waals surface area contributed by atoms with Gasteiger partial charge in [-0.15, -0.1) is 0 Å². The van der Waals surface area contributed by atoms with Gasteiger partial charge in [-0.25, -0.2) is 4.79 Å². The van der Waals surface area contributed by atoms with E-state index in [1.807, 2.05) is 25.7 Å². The quantitative estimate of drug-likeness (QED) is 0.648. The Morgan fingerprint density at radius 2 is 1.87 bits per heavy atom. The van der Waals surface area contributed by atoms with Gasteiger partial charge in [0.25, 0.3) is 0 Å². The maximum absolute atomic E-state index is 12.1. The van der Waals surface area contributed by atoms with E-state index in [1.165, 1.54) is 25.7 Å². The van der Waals surface area contributed by atoms with E-state index in [9.17, 15) is 4.79 Å². The van der Waals surface area contributed by atoms with Gasteiger partial charge in [0.1, 0.15) is 5.60 Å². The first kappa shape index (κ1) is 18.6. The van der Waals surface area contributed by atoms with Crippen LogP contribution < -0.4 is 0 Å². The van der Waals surface area contributed by atoms with E-state index in [0.29, 0.717) is 0 Å². The summed E-state index contributed by atoms with van der Waals surface area (Å²) in [5, 5.41) is 0. The first-order valence-electron chi connectivity index (χ1n) is 9.44. The number of ether oxygens (including phenoxy) is 2. The van der Waals surface area contributed by atoms with Crippen LogP contribution in [-0.4, -0.2) is 42.9 Å². The third-order valence-electron chi connectivity index (χ3n) is 4.95. The Labute approximate surface area is 141 Å². The molecule has 1 heterocycles. The molecule has 0 aromatic rings. The summed E-state index contributed by atoms with van der Waals surface area (Å²) in [5.74, 6) is 2.45. The molecule has 0 radical (unpaired) electrons. The lowest BCUT2D eigenvalue weighted by atomic mass is 9.91. The normalized spacial score (nSPS) is 25.5. The van der Waals surface area contributed by atoms with Crippen LogP contribution in [-0.2, 0) is 9.47 Å². The molecule has 4 heteroatoms. The highest BCUT2D eigenvalue weighted by Gasteiger charge is 2.39. The number of nitrogens with zero attached hydrogens (tertiary/aromatic N) is 1. The van der Waals surface area contributed by atoms with E-state index in [4.69, 9.17) is 9.47 Å². The zero-order valence-electron chi connectivity index (χ0n) is 15.5. The highest BCUT2D eigenvalue weighted by molar-refractivity contribution is 5.68. The Kier molecular flexibility index (Phi) is 6.75. The molecule has 0 aromatic carbocycles. The Hall–Kier alpha value is -0.770. The first-order chi connectivity index (χ1) is 10.9. The molecule has 1 saturated heterocycles. The summed E-state index contributed by atoms with van der Waals surface area (Å²) in [6.45, 7) is 11.6. The molecule has 2 aliphatic rings. The van der Waals surface area contributed by atoms with Gasteiger partial charge in [0, 0.05) is 26.3 Å². The van der Waals surface area contributed by atoms with Gasteiger partial charge in [0.15, 0.2) is 0 Å². The Bertz CT molecular complexity index is 369. The van der Waals surface area contributed by atoms with Gasteiger partial charge < -0.3 is 14.4 Å². The topological polar surface area (TPSA) is 38.8 Å². The van der Waals surface area contributed by atoms with Crippen molar-refractivity contribution in [3.63, 3.8) is 0 Å². The van der Waals surface area contributed by atoms with Crippen LogP contribution in [0.3, 0.4) is 0 Å². The van der Waals surface area contributed by atoms with E-state index in [2.05, 4.69) is 6.92 Å². The zero-order chi connectivity index (χ0) is 16.9. The zero-order valence-corrected chi connectivity index (χ0v) is 15.5. The van der Waals surface area contributed by atoms with E-state index >= 15 is 0 Å². The lowest BCUT2D eigenvalue weighted by Crippen LogP contribution is -2.41. The van der Waals surface area contributed by atoms with Gasteiger partial charge in [-0.05, 0) is 70.6 Å². The average Bonchev–Trinajstić information content (AvgIpc) is 3.20. The maximum Gasteiger partial charge on any atom is 0.410 e. The maximum atomic E-state index is 12.1. The summed E-state index contributed by atoms with van der Waals surface area (Å²) in [6, 6.07) is 0. The van der Waals surface area contributed by atoms with Gasteiger partial charge in [-0.3, -0.25) is 0 Å². The van der Waals surface area contributed by atoms with E-state index in [-0.39, 0.29) is 6.09 Å². The Morgan fingerprint density at radius 3 is 2.48 bits per heavy atom. The summed E-state index contributed by atoms with van der Waals surface area (Å²) in [7, 11) is 0. The largest absolute Gasteiger partial charge is 0.444 e. The van der Waals surface area contributed by atoms with Crippen molar-refractivity contribution in [2.75, 3.05) is 26.3 Å². The van der Waals surface area contributed by atoms with Crippen molar-refractivity contribution < 1.29 is 14.3 Å². The van der Waals surface area contributed by atoms with Crippen LogP contribution in [0, 0.1) is 17.8 Å². The third-order valence-corrected chi connectivity index (χ3v) is 4.95. The summed E-state index contributed by atoms with van der Waals surface area (Å²) in [5.41, 5.74) is -0.396. The molecule has 2 unspecified atom stereocenters. The molecule has 0 aromatic heterocycles. The highest BCUT2D eigenvalue weighted by Crippen LogP contribution is 2.45. The number of amides is 1. The van der Waals surface area contributed by atoms with Crippen molar-refractivity contribution in [3.05, 3.63) is 0 Å². The molecule has 1 saturated carbocycles. The summed E-state index contributed by atoms with van der Waals surface area (Å²) in [6.07, 6.45) is 7.16. The number of piperidine rings is 1. The molecule has 0 spiro atoms. The van der Waals surface area contributed by atoms with Crippen LogP contribution in [0.15, 0.2) is 0 Å². The fourth-order valence-corrected chi connectivity index (χ4v) is 3.39. The van der Waals surface area contributed by atoms with Crippen molar-refractivity contribution in [2.45, 2.75) is 71.8 Å². The van der Waals surface area contributed by atoms with Crippen molar-refractivity contribution in [3.8, 4) is 0 Å². The van der Waals surface area contributed by atoms with Gasteiger partial charge in [0.2, 0.25) is 0 Å².